The first-order valence-corrected chi connectivity index (χ1v) is 10.6. The molecule has 2 amide bonds. The zero-order valence-corrected chi connectivity index (χ0v) is 18.1. The molecule has 0 saturated carbocycles. The first-order valence-electron chi connectivity index (χ1n) is 10.6. The average molecular weight is 393 g/mol. The van der Waals surface area contributed by atoms with Crippen LogP contribution in [0.2, 0.25) is 0 Å². The van der Waals surface area contributed by atoms with Gasteiger partial charge in [-0.3, -0.25) is 9.59 Å². The normalized spacial score (nSPS) is 17.8. The van der Waals surface area contributed by atoms with Gasteiger partial charge in [-0.05, 0) is 35.4 Å². The number of anilines is 1. The molecular weight excluding hydrogens is 360 g/mol. The van der Waals surface area contributed by atoms with Crippen molar-refractivity contribution in [3.63, 3.8) is 0 Å². The second-order valence-corrected chi connectivity index (χ2v) is 8.64. The van der Waals surface area contributed by atoms with Crippen LogP contribution in [0.15, 0.2) is 48.5 Å². The summed E-state index contributed by atoms with van der Waals surface area (Å²) in [6.45, 7) is 11.0. The third-order valence-electron chi connectivity index (χ3n) is 5.90. The molecule has 3 rings (SSSR count). The van der Waals surface area contributed by atoms with Gasteiger partial charge < -0.3 is 10.2 Å². The molecule has 0 bridgehead atoms. The molecule has 2 aromatic rings. The van der Waals surface area contributed by atoms with Gasteiger partial charge in [0.05, 0.1) is 12.0 Å². The Morgan fingerprint density at radius 1 is 0.931 bits per heavy atom. The number of nitrogens with zero attached hydrogens (tertiary/aromatic N) is 1. The molecule has 1 aliphatic heterocycles. The number of hydrogen-bond donors (Lipinski definition) is 1. The van der Waals surface area contributed by atoms with E-state index in [1.807, 2.05) is 42.2 Å². The first kappa shape index (κ1) is 21.1. The van der Waals surface area contributed by atoms with Crippen molar-refractivity contribution in [3.8, 4) is 0 Å². The van der Waals surface area contributed by atoms with Gasteiger partial charge in [-0.1, -0.05) is 76.2 Å². The molecule has 2 atom stereocenters. The molecule has 1 fully saturated rings. The molecular formula is C25H32N2O2. The summed E-state index contributed by atoms with van der Waals surface area (Å²) < 4.78 is 0. The number of benzene rings is 2. The van der Waals surface area contributed by atoms with E-state index < -0.39 is 0 Å². The van der Waals surface area contributed by atoms with E-state index in [1.165, 1.54) is 0 Å². The molecule has 1 N–H and O–H groups in total. The van der Waals surface area contributed by atoms with E-state index in [1.54, 1.807) is 0 Å². The molecule has 0 aromatic heterocycles. The van der Waals surface area contributed by atoms with E-state index >= 15 is 0 Å². The van der Waals surface area contributed by atoms with Gasteiger partial charge in [0, 0.05) is 18.7 Å². The number of rotatable bonds is 6. The van der Waals surface area contributed by atoms with Crippen LogP contribution in [0.5, 0.6) is 0 Å². The summed E-state index contributed by atoms with van der Waals surface area (Å²) in [4.78, 5) is 27.6. The summed E-state index contributed by atoms with van der Waals surface area (Å²) >= 11 is 0. The van der Waals surface area contributed by atoms with Gasteiger partial charge in [-0.15, -0.1) is 0 Å². The summed E-state index contributed by atoms with van der Waals surface area (Å²) in [5.41, 5.74) is 4.30. The van der Waals surface area contributed by atoms with E-state index in [9.17, 15) is 9.59 Å². The lowest BCUT2D eigenvalue weighted by molar-refractivity contribution is -0.129. The van der Waals surface area contributed by atoms with Crippen molar-refractivity contribution >= 4 is 17.5 Å². The second kappa shape index (κ2) is 8.81. The fourth-order valence-electron chi connectivity index (χ4n) is 4.11. The van der Waals surface area contributed by atoms with E-state index in [2.05, 4.69) is 51.2 Å². The lowest BCUT2D eigenvalue weighted by Crippen LogP contribution is -2.31. The Kier molecular flexibility index (Phi) is 6.41. The summed E-state index contributed by atoms with van der Waals surface area (Å²) in [6, 6.07) is 16.2. The van der Waals surface area contributed by atoms with Gasteiger partial charge in [-0.25, -0.2) is 0 Å². The van der Waals surface area contributed by atoms with Crippen molar-refractivity contribution in [3.05, 3.63) is 65.2 Å². The molecule has 4 heteroatoms. The van der Waals surface area contributed by atoms with Gasteiger partial charge in [0.1, 0.15) is 0 Å². The minimum atomic E-state index is -0.325. The van der Waals surface area contributed by atoms with Crippen LogP contribution in [-0.2, 0) is 9.59 Å². The summed E-state index contributed by atoms with van der Waals surface area (Å²) in [5, 5.41) is 3.19. The minimum Gasteiger partial charge on any atom is -0.335 e. The largest absolute Gasteiger partial charge is 0.335 e. The van der Waals surface area contributed by atoms with E-state index in [0.29, 0.717) is 18.4 Å². The fourth-order valence-corrected chi connectivity index (χ4v) is 4.11. The first-order chi connectivity index (χ1) is 13.8. The van der Waals surface area contributed by atoms with Gasteiger partial charge >= 0.3 is 0 Å². The number of amides is 2. The second-order valence-electron chi connectivity index (χ2n) is 8.64. The van der Waals surface area contributed by atoms with Gasteiger partial charge in [-0.2, -0.15) is 0 Å². The predicted octanol–water partition coefficient (Wildman–Crippen LogP) is 5.48. The van der Waals surface area contributed by atoms with Crippen molar-refractivity contribution < 1.29 is 9.59 Å². The van der Waals surface area contributed by atoms with Crippen LogP contribution in [0.3, 0.4) is 0 Å². The van der Waals surface area contributed by atoms with Gasteiger partial charge in [0.2, 0.25) is 11.8 Å². The predicted molar refractivity (Wildman–Crippen MR) is 118 cm³/mol. The van der Waals surface area contributed by atoms with Crippen molar-refractivity contribution in [1.82, 2.24) is 4.90 Å². The van der Waals surface area contributed by atoms with Crippen molar-refractivity contribution in [2.75, 3.05) is 11.9 Å². The highest BCUT2D eigenvalue weighted by Gasteiger charge is 2.37. The van der Waals surface area contributed by atoms with Gasteiger partial charge in [0.15, 0.2) is 0 Å². The Bertz CT molecular complexity index is 847. The third kappa shape index (κ3) is 4.52. The van der Waals surface area contributed by atoms with Crippen LogP contribution < -0.4 is 5.32 Å². The highest BCUT2D eigenvalue weighted by molar-refractivity contribution is 5.98. The lowest BCUT2D eigenvalue weighted by Gasteiger charge is -2.25. The molecule has 4 nitrogen and oxygen atoms in total. The summed E-state index contributed by atoms with van der Waals surface area (Å²) in [6.07, 6.45) is 0.268. The van der Waals surface area contributed by atoms with Crippen LogP contribution in [0.4, 0.5) is 5.69 Å². The highest BCUT2D eigenvalue weighted by Crippen LogP contribution is 2.34. The smallest absolute Gasteiger partial charge is 0.229 e. The van der Waals surface area contributed by atoms with E-state index in [4.69, 9.17) is 0 Å². The van der Waals surface area contributed by atoms with Crippen molar-refractivity contribution in [2.24, 2.45) is 5.92 Å². The zero-order valence-electron chi connectivity index (χ0n) is 18.1. The standard InChI is InChI=1S/C25H32N2O2/c1-16(2)21-12-9-13-22(17(3)4)24(21)26-25(29)20-14-23(28)27(15-20)18(5)19-10-7-6-8-11-19/h6-13,16-18,20H,14-15H2,1-5H3,(H,26,29). The quantitative estimate of drug-likeness (QED) is 0.707. The Morgan fingerprint density at radius 3 is 2.07 bits per heavy atom. The maximum absolute atomic E-state index is 13.1. The Morgan fingerprint density at radius 2 is 1.52 bits per heavy atom. The molecule has 29 heavy (non-hydrogen) atoms. The highest BCUT2D eigenvalue weighted by atomic mass is 16.2. The molecule has 1 heterocycles. The number of carbonyl (C=O) groups is 2. The van der Waals surface area contributed by atoms with Crippen LogP contribution in [0, 0.1) is 5.92 Å². The van der Waals surface area contributed by atoms with Crippen molar-refractivity contribution in [2.45, 2.75) is 58.9 Å². The molecule has 0 radical (unpaired) electrons. The molecule has 0 aliphatic carbocycles. The molecule has 0 spiro atoms. The molecule has 1 aliphatic rings. The maximum atomic E-state index is 13.1. The molecule has 154 valence electrons. The number of carbonyl (C=O) groups excluding carboxylic acids is 2. The van der Waals surface area contributed by atoms with Crippen LogP contribution in [0.1, 0.15) is 75.6 Å². The number of likely N-dealkylation sites (tertiary alicyclic amines) is 1. The van der Waals surface area contributed by atoms with E-state index in [0.717, 1.165) is 22.4 Å². The molecule has 1 saturated heterocycles. The zero-order chi connectivity index (χ0) is 21.1. The Balaban J connectivity index is 1.78. The Hall–Kier alpha value is -2.62. The van der Waals surface area contributed by atoms with E-state index in [-0.39, 0.29) is 30.2 Å². The number of nitrogens with one attached hydrogen (secondary N) is 1. The maximum Gasteiger partial charge on any atom is 0.229 e. The average Bonchev–Trinajstić information content (AvgIpc) is 3.09. The van der Waals surface area contributed by atoms with Crippen LogP contribution in [0.25, 0.3) is 0 Å². The Labute approximate surface area is 174 Å². The van der Waals surface area contributed by atoms with Gasteiger partial charge in [0.25, 0.3) is 0 Å². The monoisotopic (exact) mass is 392 g/mol. The third-order valence-corrected chi connectivity index (χ3v) is 5.90. The number of hydrogen-bond acceptors (Lipinski definition) is 2. The summed E-state index contributed by atoms with van der Waals surface area (Å²) in [7, 11) is 0. The molecule has 2 aromatic carbocycles. The summed E-state index contributed by atoms with van der Waals surface area (Å²) in [5.74, 6) is 0.278. The minimum absolute atomic E-state index is 0.0318. The SMILES string of the molecule is CC(C)c1cccc(C(C)C)c1NC(=O)C1CC(=O)N(C(C)c2ccccc2)C1. The topological polar surface area (TPSA) is 49.4 Å². The fraction of sp³-hybridized carbons (Fsp3) is 0.440. The molecule has 2 unspecified atom stereocenters. The van der Waals surface area contributed by atoms with Crippen molar-refractivity contribution in [1.29, 1.82) is 0 Å². The van der Waals surface area contributed by atoms with Crippen LogP contribution in [-0.4, -0.2) is 23.3 Å². The number of para-hydroxylation sites is 1. The van der Waals surface area contributed by atoms with Crippen LogP contribution >= 0.6 is 0 Å². The lowest BCUT2D eigenvalue weighted by atomic mass is 9.92.